The van der Waals surface area contributed by atoms with Crippen molar-refractivity contribution in [3.63, 3.8) is 0 Å². The van der Waals surface area contributed by atoms with E-state index in [1.165, 1.54) is 35.2 Å². The average Bonchev–Trinajstić information content (AvgIpc) is 2.63. The maximum atomic E-state index is 13.4. The molecule has 0 bridgehead atoms. The molecule has 1 amide bonds. The molecule has 1 aliphatic rings. The van der Waals surface area contributed by atoms with E-state index in [9.17, 15) is 18.4 Å². The third kappa shape index (κ3) is 3.66. The zero-order valence-electron chi connectivity index (χ0n) is 13.1. The van der Waals surface area contributed by atoms with Crippen LogP contribution in [0.2, 0.25) is 0 Å². The Morgan fingerprint density at radius 2 is 1.84 bits per heavy atom. The van der Waals surface area contributed by atoms with Crippen molar-refractivity contribution in [2.75, 3.05) is 19.7 Å². The van der Waals surface area contributed by atoms with E-state index in [1.807, 2.05) is 0 Å². The summed E-state index contributed by atoms with van der Waals surface area (Å²) >= 11 is 0. The molecule has 1 N–H and O–H groups in total. The number of aromatic carboxylic acids is 1. The van der Waals surface area contributed by atoms with Crippen molar-refractivity contribution in [1.29, 1.82) is 0 Å². The number of halogens is 2. The molecule has 0 aromatic heterocycles. The predicted octanol–water partition coefficient (Wildman–Crippen LogP) is 2.88. The number of morpholine rings is 1. The van der Waals surface area contributed by atoms with Gasteiger partial charge in [-0.3, -0.25) is 4.79 Å². The fourth-order valence-corrected chi connectivity index (χ4v) is 2.72. The molecule has 25 heavy (non-hydrogen) atoms. The van der Waals surface area contributed by atoms with Crippen LogP contribution in [0.15, 0.2) is 42.5 Å². The first-order chi connectivity index (χ1) is 12.0. The van der Waals surface area contributed by atoms with E-state index >= 15 is 0 Å². The van der Waals surface area contributed by atoms with Gasteiger partial charge in [0.15, 0.2) is 11.6 Å². The van der Waals surface area contributed by atoms with E-state index in [0.717, 1.165) is 12.1 Å². The highest BCUT2D eigenvalue weighted by Crippen LogP contribution is 2.25. The van der Waals surface area contributed by atoms with Gasteiger partial charge in [-0.2, -0.15) is 0 Å². The molecule has 1 aliphatic heterocycles. The fourth-order valence-electron chi connectivity index (χ4n) is 2.72. The Labute approximate surface area is 142 Å². The number of carbonyl (C=O) groups is 2. The predicted molar refractivity (Wildman–Crippen MR) is 84.4 cm³/mol. The molecule has 0 saturated carbocycles. The maximum Gasteiger partial charge on any atom is 0.335 e. The van der Waals surface area contributed by atoms with Gasteiger partial charge in [-0.05, 0) is 35.9 Å². The summed E-state index contributed by atoms with van der Waals surface area (Å²) in [4.78, 5) is 25.2. The number of carbonyl (C=O) groups excluding carboxylic acids is 1. The summed E-state index contributed by atoms with van der Waals surface area (Å²) in [6, 6.07) is 9.25. The molecule has 2 aromatic rings. The summed E-state index contributed by atoms with van der Waals surface area (Å²) in [5.74, 6) is -3.37. The zero-order valence-corrected chi connectivity index (χ0v) is 13.1. The van der Waals surface area contributed by atoms with Crippen LogP contribution in [0.25, 0.3) is 0 Å². The molecule has 0 radical (unpaired) electrons. The standard InChI is InChI=1S/C18H15F2NO4/c19-14-5-4-11(9-15(14)20)16-10-21(6-7-25-16)17(22)12-2-1-3-13(8-12)18(23)24/h1-5,8-9,16H,6-7,10H2,(H,23,24)/t16-/m0/s1. The molecule has 0 spiro atoms. The SMILES string of the molecule is O=C(O)c1cccc(C(=O)N2CCO[C@H](c3ccc(F)c(F)c3)C2)c1. The zero-order chi connectivity index (χ0) is 18.0. The van der Waals surface area contributed by atoms with Gasteiger partial charge in [0.2, 0.25) is 0 Å². The molecule has 2 aromatic carbocycles. The highest BCUT2D eigenvalue weighted by Gasteiger charge is 2.27. The van der Waals surface area contributed by atoms with Gasteiger partial charge in [0, 0.05) is 12.1 Å². The van der Waals surface area contributed by atoms with Crippen LogP contribution in [0.5, 0.6) is 0 Å². The second-order valence-electron chi connectivity index (χ2n) is 5.67. The second kappa shape index (κ2) is 6.98. The van der Waals surface area contributed by atoms with Gasteiger partial charge in [-0.15, -0.1) is 0 Å². The highest BCUT2D eigenvalue weighted by molar-refractivity contribution is 5.97. The van der Waals surface area contributed by atoms with Crippen LogP contribution >= 0.6 is 0 Å². The van der Waals surface area contributed by atoms with Crippen molar-refractivity contribution in [3.8, 4) is 0 Å². The van der Waals surface area contributed by atoms with Crippen LogP contribution < -0.4 is 0 Å². The minimum absolute atomic E-state index is 0.0243. The quantitative estimate of drug-likeness (QED) is 0.927. The lowest BCUT2D eigenvalue weighted by Gasteiger charge is -2.33. The Kier molecular flexibility index (Phi) is 4.76. The average molecular weight is 347 g/mol. The third-order valence-corrected chi connectivity index (χ3v) is 4.03. The lowest BCUT2D eigenvalue weighted by molar-refractivity contribution is -0.0229. The van der Waals surface area contributed by atoms with Gasteiger partial charge in [-0.25, -0.2) is 13.6 Å². The molecule has 3 rings (SSSR count). The molecule has 1 fully saturated rings. The topological polar surface area (TPSA) is 66.8 Å². The van der Waals surface area contributed by atoms with Crippen molar-refractivity contribution in [3.05, 3.63) is 70.8 Å². The number of nitrogens with zero attached hydrogens (tertiary/aromatic N) is 1. The number of rotatable bonds is 3. The van der Waals surface area contributed by atoms with Crippen molar-refractivity contribution >= 4 is 11.9 Å². The summed E-state index contributed by atoms with van der Waals surface area (Å²) in [5.41, 5.74) is 0.720. The van der Waals surface area contributed by atoms with Crippen molar-refractivity contribution in [2.24, 2.45) is 0 Å². The highest BCUT2D eigenvalue weighted by atomic mass is 19.2. The molecular formula is C18H15F2NO4. The van der Waals surface area contributed by atoms with E-state index in [-0.39, 0.29) is 30.2 Å². The smallest absolute Gasteiger partial charge is 0.335 e. The number of ether oxygens (including phenoxy) is 1. The molecule has 1 heterocycles. The Balaban J connectivity index is 1.78. The van der Waals surface area contributed by atoms with Crippen LogP contribution in [-0.4, -0.2) is 41.6 Å². The number of hydrogen-bond donors (Lipinski definition) is 1. The summed E-state index contributed by atoms with van der Waals surface area (Å²) in [7, 11) is 0. The minimum Gasteiger partial charge on any atom is -0.478 e. The van der Waals surface area contributed by atoms with E-state index < -0.39 is 23.7 Å². The molecule has 1 atom stereocenters. The van der Waals surface area contributed by atoms with Gasteiger partial charge in [-0.1, -0.05) is 12.1 Å². The number of carboxylic acid groups (broad SMARTS) is 1. The lowest BCUT2D eigenvalue weighted by Crippen LogP contribution is -2.42. The Morgan fingerprint density at radius 3 is 2.56 bits per heavy atom. The van der Waals surface area contributed by atoms with Crippen molar-refractivity contribution in [1.82, 2.24) is 4.90 Å². The fraction of sp³-hybridized carbons (Fsp3) is 0.222. The summed E-state index contributed by atoms with van der Waals surface area (Å²) in [6.45, 7) is 0.742. The van der Waals surface area contributed by atoms with Crippen molar-refractivity contribution in [2.45, 2.75) is 6.10 Å². The normalized spacial score (nSPS) is 17.4. The van der Waals surface area contributed by atoms with E-state index in [0.29, 0.717) is 12.1 Å². The first-order valence-corrected chi connectivity index (χ1v) is 7.65. The van der Waals surface area contributed by atoms with E-state index in [4.69, 9.17) is 9.84 Å². The summed E-state index contributed by atoms with van der Waals surface area (Å²) in [5, 5.41) is 9.03. The summed E-state index contributed by atoms with van der Waals surface area (Å²) < 4.78 is 32.0. The Bertz CT molecular complexity index is 824. The maximum absolute atomic E-state index is 13.4. The molecule has 0 aliphatic carbocycles. The molecule has 130 valence electrons. The second-order valence-corrected chi connectivity index (χ2v) is 5.67. The van der Waals surface area contributed by atoms with Gasteiger partial charge in [0.05, 0.1) is 18.7 Å². The third-order valence-electron chi connectivity index (χ3n) is 4.03. The van der Waals surface area contributed by atoms with Crippen LogP contribution in [0.4, 0.5) is 8.78 Å². The van der Waals surface area contributed by atoms with Gasteiger partial charge in [0.1, 0.15) is 6.10 Å². The summed E-state index contributed by atoms with van der Waals surface area (Å²) in [6.07, 6.45) is -0.574. The molecule has 5 nitrogen and oxygen atoms in total. The van der Waals surface area contributed by atoms with Crippen LogP contribution in [0.1, 0.15) is 32.4 Å². The Morgan fingerprint density at radius 1 is 1.08 bits per heavy atom. The van der Waals surface area contributed by atoms with Gasteiger partial charge < -0.3 is 14.7 Å². The largest absolute Gasteiger partial charge is 0.478 e. The first-order valence-electron chi connectivity index (χ1n) is 7.65. The van der Waals surface area contributed by atoms with E-state index in [2.05, 4.69) is 0 Å². The number of hydrogen-bond acceptors (Lipinski definition) is 3. The van der Waals surface area contributed by atoms with Crippen LogP contribution in [0.3, 0.4) is 0 Å². The monoisotopic (exact) mass is 347 g/mol. The van der Waals surface area contributed by atoms with E-state index in [1.54, 1.807) is 0 Å². The lowest BCUT2D eigenvalue weighted by atomic mass is 10.1. The molecule has 1 saturated heterocycles. The molecular weight excluding hydrogens is 332 g/mol. The minimum atomic E-state index is -1.11. The number of benzene rings is 2. The van der Waals surface area contributed by atoms with Gasteiger partial charge >= 0.3 is 5.97 Å². The van der Waals surface area contributed by atoms with Crippen LogP contribution in [-0.2, 0) is 4.74 Å². The molecule has 7 heteroatoms. The van der Waals surface area contributed by atoms with Crippen molar-refractivity contribution < 1.29 is 28.2 Å². The molecule has 0 unspecified atom stereocenters. The first kappa shape index (κ1) is 17.0. The van der Waals surface area contributed by atoms with Crippen LogP contribution in [0, 0.1) is 11.6 Å². The van der Waals surface area contributed by atoms with Gasteiger partial charge in [0.25, 0.3) is 5.91 Å². The Hall–Kier alpha value is -2.80. The number of carboxylic acids is 1. The number of amides is 1.